The number of alkyl halides is 2. The number of aromatic nitrogens is 3. The first-order chi connectivity index (χ1) is 14.1. The van der Waals surface area contributed by atoms with Gasteiger partial charge in [0.15, 0.2) is 5.65 Å². The molecule has 0 saturated carbocycles. The number of nitrogens with zero attached hydrogens (tertiary/aromatic N) is 4. The van der Waals surface area contributed by atoms with Crippen molar-refractivity contribution in [2.75, 3.05) is 13.1 Å². The molecule has 2 aromatic heterocycles. The van der Waals surface area contributed by atoms with Crippen molar-refractivity contribution in [3.05, 3.63) is 28.3 Å². The average Bonchev–Trinajstić information content (AvgIpc) is 2.83. The minimum atomic E-state index is -3.02. The van der Waals surface area contributed by atoms with Gasteiger partial charge in [0.05, 0.1) is 17.1 Å². The van der Waals surface area contributed by atoms with Crippen molar-refractivity contribution >= 4 is 17.3 Å². The third-order valence-corrected chi connectivity index (χ3v) is 5.27. The Kier molecular flexibility index (Phi) is 5.69. The molecule has 0 aromatic carbocycles. The number of hydrogen-bond acceptors (Lipinski definition) is 4. The number of hydrogen-bond donors (Lipinski definition) is 0. The molecular formula is C22H32F2N4O3. The first-order valence-electron chi connectivity index (χ1n) is 10.5. The van der Waals surface area contributed by atoms with Gasteiger partial charge < -0.3 is 9.64 Å². The first-order valence-corrected chi connectivity index (χ1v) is 10.5. The Hall–Kier alpha value is -2.45. The summed E-state index contributed by atoms with van der Waals surface area (Å²) in [5, 5.41) is 0. The third-order valence-electron chi connectivity index (χ3n) is 5.27. The van der Waals surface area contributed by atoms with E-state index in [4.69, 9.17) is 4.74 Å². The number of likely N-dealkylation sites (tertiary alicyclic amines) is 1. The molecule has 3 rings (SSSR count). The summed E-state index contributed by atoms with van der Waals surface area (Å²) in [5.41, 5.74) is 0.0415. The van der Waals surface area contributed by atoms with Crippen LogP contribution in [0.1, 0.15) is 59.6 Å². The lowest BCUT2D eigenvalue weighted by atomic mass is 9.90. The quantitative estimate of drug-likeness (QED) is 0.707. The Morgan fingerprint density at radius 3 is 2.45 bits per heavy atom. The van der Waals surface area contributed by atoms with Gasteiger partial charge in [0.2, 0.25) is 0 Å². The summed E-state index contributed by atoms with van der Waals surface area (Å²) in [7, 11) is 1.59. The molecule has 1 saturated heterocycles. The standard InChI is InChI=1S/C22H32F2N4O3/c1-20(2,3)13-28-16-9-8-15(25-17(16)26(7)18(28)29)14-12-27(11-10-22(14,23)24)19(30)31-21(4,5)6/h8-9,14H,10-13H2,1-7H3. The van der Waals surface area contributed by atoms with Crippen LogP contribution in [0.25, 0.3) is 11.2 Å². The maximum Gasteiger partial charge on any atom is 0.410 e. The second kappa shape index (κ2) is 7.60. The molecule has 0 N–H and O–H groups in total. The molecule has 1 atom stereocenters. The van der Waals surface area contributed by atoms with Crippen LogP contribution >= 0.6 is 0 Å². The fourth-order valence-electron chi connectivity index (χ4n) is 3.81. The molecular weight excluding hydrogens is 406 g/mol. The maximum atomic E-state index is 14.8. The molecule has 1 amide bonds. The van der Waals surface area contributed by atoms with E-state index in [0.717, 1.165) is 0 Å². The number of fused-ring (bicyclic) bond motifs is 1. The summed E-state index contributed by atoms with van der Waals surface area (Å²) in [6.07, 6.45) is -1.08. The van der Waals surface area contributed by atoms with E-state index < -0.39 is 30.0 Å². The number of piperidine rings is 1. The molecule has 1 aliphatic heterocycles. The van der Waals surface area contributed by atoms with Gasteiger partial charge in [0.1, 0.15) is 5.60 Å². The highest BCUT2D eigenvalue weighted by atomic mass is 19.3. The normalized spacial score (nSPS) is 19.6. The van der Waals surface area contributed by atoms with Crippen LogP contribution in [-0.4, -0.2) is 49.7 Å². The van der Waals surface area contributed by atoms with Crippen LogP contribution in [0.3, 0.4) is 0 Å². The Labute approximate surface area is 181 Å². The highest BCUT2D eigenvalue weighted by molar-refractivity contribution is 5.72. The van der Waals surface area contributed by atoms with E-state index in [0.29, 0.717) is 17.7 Å². The van der Waals surface area contributed by atoms with E-state index in [1.54, 1.807) is 38.5 Å². The number of rotatable bonds is 2. The molecule has 0 aliphatic carbocycles. The van der Waals surface area contributed by atoms with Crippen LogP contribution in [0.2, 0.25) is 0 Å². The van der Waals surface area contributed by atoms with E-state index in [1.807, 2.05) is 20.8 Å². The van der Waals surface area contributed by atoms with E-state index in [-0.39, 0.29) is 29.9 Å². The monoisotopic (exact) mass is 438 g/mol. The lowest BCUT2D eigenvalue weighted by molar-refractivity contribution is -0.0780. The zero-order valence-corrected chi connectivity index (χ0v) is 19.3. The molecule has 0 spiro atoms. The van der Waals surface area contributed by atoms with Crippen molar-refractivity contribution in [1.82, 2.24) is 19.0 Å². The highest BCUT2D eigenvalue weighted by Gasteiger charge is 2.47. The summed E-state index contributed by atoms with van der Waals surface area (Å²) < 4.78 is 38.1. The van der Waals surface area contributed by atoms with Gasteiger partial charge >= 0.3 is 11.8 Å². The second-order valence-corrected chi connectivity index (χ2v) is 10.6. The number of carbonyl (C=O) groups excluding carboxylic acids is 1. The van der Waals surface area contributed by atoms with Gasteiger partial charge in [-0.15, -0.1) is 0 Å². The van der Waals surface area contributed by atoms with Gasteiger partial charge in [-0.2, -0.15) is 0 Å². The highest BCUT2D eigenvalue weighted by Crippen LogP contribution is 2.40. The Balaban J connectivity index is 1.98. The van der Waals surface area contributed by atoms with Gasteiger partial charge in [-0.3, -0.25) is 9.13 Å². The van der Waals surface area contributed by atoms with Gasteiger partial charge in [-0.1, -0.05) is 20.8 Å². The van der Waals surface area contributed by atoms with E-state index in [2.05, 4.69) is 4.98 Å². The molecule has 1 unspecified atom stereocenters. The van der Waals surface area contributed by atoms with Crippen LogP contribution in [-0.2, 0) is 18.3 Å². The Bertz CT molecular complexity index is 1040. The maximum absolute atomic E-state index is 14.8. The average molecular weight is 439 g/mol. The van der Waals surface area contributed by atoms with Gasteiger partial charge in [-0.05, 0) is 38.3 Å². The summed E-state index contributed by atoms with van der Waals surface area (Å²) in [6, 6.07) is 3.21. The van der Waals surface area contributed by atoms with Gasteiger partial charge in [-0.25, -0.2) is 23.4 Å². The molecule has 0 bridgehead atoms. The number of ether oxygens (including phenoxy) is 1. The molecule has 31 heavy (non-hydrogen) atoms. The number of amides is 1. The zero-order valence-electron chi connectivity index (χ0n) is 19.3. The fourth-order valence-corrected chi connectivity index (χ4v) is 3.81. The Morgan fingerprint density at radius 2 is 1.87 bits per heavy atom. The number of halogens is 2. The van der Waals surface area contributed by atoms with E-state index in [1.165, 1.54) is 15.5 Å². The SMILES string of the molecule is Cn1c(=O)n(CC(C)(C)C)c2ccc(C3CN(C(=O)OC(C)(C)C)CCC3(F)F)nc21. The molecule has 7 nitrogen and oxygen atoms in total. The van der Waals surface area contributed by atoms with Crippen LogP contribution in [0.4, 0.5) is 13.6 Å². The van der Waals surface area contributed by atoms with Gasteiger partial charge in [0.25, 0.3) is 5.92 Å². The van der Waals surface area contributed by atoms with E-state index in [9.17, 15) is 18.4 Å². The topological polar surface area (TPSA) is 69.4 Å². The van der Waals surface area contributed by atoms with Crippen LogP contribution in [0, 0.1) is 5.41 Å². The minimum absolute atomic E-state index is 0.0822. The molecule has 1 fully saturated rings. The van der Waals surface area contributed by atoms with E-state index >= 15 is 0 Å². The molecule has 172 valence electrons. The van der Waals surface area contributed by atoms with Crippen molar-refractivity contribution in [1.29, 1.82) is 0 Å². The molecule has 2 aromatic rings. The van der Waals surface area contributed by atoms with Crippen LogP contribution in [0.5, 0.6) is 0 Å². The van der Waals surface area contributed by atoms with Crippen molar-refractivity contribution in [3.8, 4) is 0 Å². The smallest absolute Gasteiger partial charge is 0.410 e. The molecule has 1 aliphatic rings. The van der Waals surface area contributed by atoms with Crippen molar-refractivity contribution in [2.24, 2.45) is 12.5 Å². The molecule has 0 radical (unpaired) electrons. The summed E-state index contributed by atoms with van der Waals surface area (Å²) in [6.45, 7) is 11.5. The molecule has 9 heteroatoms. The van der Waals surface area contributed by atoms with Gasteiger partial charge in [0, 0.05) is 33.1 Å². The van der Waals surface area contributed by atoms with Crippen LogP contribution < -0.4 is 5.69 Å². The number of imidazole rings is 1. The fraction of sp³-hybridized carbons (Fsp3) is 0.682. The van der Waals surface area contributed by atoms with Crippen molar-refractivity contribution in [2.45, 2.75) is 71.9 Å². The predicted octanol–water partition coefficient (Wildman–Crippen LogP) is 4.14. The summed E-state index contributed by atoms with van der Waals surface area (Å²) in [4.78, 5) is 30.9. The largest absolute Gasteiger partial charge is 0.444 e. The Morgan fingerprint density at radius 1 is 1.23 bits per heavy atom. The number of aryl methyl sites for hydroxylation is 1. The molecule has 3 heterocycles. The lowest BCUT2D eigenvalue weighted by Crippen LogP contribution is -2.49. The lowest BCUT2D eigenvalue weighted by Gasteiger charge is -2.38. The third kappa shape index (κ3) is 4.91. The number of carbonyl (C=O) groups is 1. The summed E-state index contributed by atoms with van der Waals surface area (Å²) in [5.74, 6) is -4.30. The van der Waals surface area contributed by atoms with Crippen LogP contribution in [0.15, 0.2) is 16.9 Å². The summed E-state index contributed by atoms with van der Waals surface area (Å²) >= 11 is 0. The second-order valence-electron chi connectivity index (χ2n) is 10.6. The number of pyridine rings is 1. The zero-order chi connectivity index (χ0) is 23.4. The minimum Gasteiger partial charge on any atom is -0.444 e. The predicted molar refractivity (Wildman–Crippen MR) is 115 cm³/mol. The first kappa shape index (κ1) is 23.2. The van der Waals surface area contributed by atoms with Crippen molar-refractivity contribution < 1.29 is 18.3 Å². The van der Waals surface area contributed by atoms with Crippen molar-refractivity contribution in [3.63, 3.8) is 0 Å².